The Balaban J connectivity index is 2.17. The van der Waals surface area contributed by atoms with Crippen LogP contribution >= 0.6 is 15.9 Å². The van der Waals surface area contributed by atoms with Crippen molar-refractivity contribution in [3.05, 3.63) is 82.7 Å². The van der Waals surface area contributed by atoms with Crippen LogP contribution in [0.2, 0.25) is 0 Å². The highest BCUT2D eigenvalue weighted by Crippen LogP contribution is 2.36. The van der Waals surface area contributed by atoms with Gasteiger partial charge in [-0.1, -0.05) is 64.5 Å². The molecule has 0 N–H and O–H groups in total. The van der Waals surface area contributed by atoms with Crippen molar-refractivity contribution in [3.8, 4) is 11.1 Å². The zero-order chi connectivity index (χ0) is 15.1. The van der Waals surface area contributed by atoms with Crippen LogP contribution in [-0.4, -0.2) is 0 Å². The molecule has 0 spiro atoms. The number of nitrogens with zero attached hydrogens (tertiary/aromatic N) is 1. The summed E-state index contributed by atoms with van der Waals surface area (Å²) in [4.78, 5) is 0. The van der Waals surface area contributed by atoms with Gasteiger partial charge in [-0.3, -0.25) is 0 Å². The largest absolute Gasteiger partial charge is 0.619 e. The number of pyridine rings is 1. The number of hydrogen-bond acceptors (Lipinski definition) is 1. The fourth-order valence-electron chi connectivity index (χ4n) is 2.96. The Morgan fingerprint density at radius 2 is 1.45 bits per heavy atom. The van der Waals surface area contributed by atoms with Gasteiger partial charge < -0.3 is 5.21 Å². The van der Waals surface area contributed by atoms with Crippen LogP contribution in [0.3, 0.4) is 0 Å². The molecule has 0 aliphatic rings. The minimum absolute atomic E-state index is 0.882. The lowest BCUT2D eigenvalue weighted by molar-refractivity contribution is -0.603. The molecule has 0 radical (unpaired) electrons. The molecule has 3 aromatic carbocycles. The Hall–Kier alpha value is -2.39. The highest BCUT2D eigenvalue weighted by Gasteiger charge is 2.13. The topological polar surface area (TPSA) is 26.9 Å². The van der Waals surface area contributed by atoms with Gasteiger partial charge in [0.25, 0.3) is 0 Å². The second kappa shape index (κ2) is 5.11. The molecule has 4 rings (SSSR count). The number of aromatic nitrogens is 1. The molecule has 4 aromatic rings. The number of halogens is 1. The van der Waals surface area contributed by atoms with E-state index in [9.17, 15) is 5.21 Å². The maximum Gasteiger partial charge on any atom is 0.188 e. The highest BCUT2D eigenvalue weighted by atomic mass is 79.9. The SMILES string of the molecule is [O-][n+]1cc(-c2cccc3cccc(Br)c23)c2ccccc2c1. The summed E-state index contributed by atoms with van der Waals surface area (Å²) in [5, 5.41) is 16.3. The van der Waals surface area contributed by atoms with Crippen molar-refractivity contribution in [3.63, 3.8) is 0 Å². The van der Waals surface area contributed by atoms with E-state index in [4.69, 9.17) is 0 Å². The van der Waals surface area contributed by atoms with E-state index in [1.165, 1.54) is 0 Å². The zero-order valence-electron chi connectivity index (χ0n) is 11.7. The Morgan fingerprint density at radius 1 is 0.727 bits per heavy atom. The molecule has 2 nitrogen and oxygen atoms in total. The molecule has 3 heteroatoms. The van der Waals surface area contributed by atoms with Gasteiger partial charge in [-0.2, -0.15) is 4.73 Å². The van der Waals surface area contributed by atoms with E-state index in [0.29, 0.717) is 0 Å². The Bertz CT molecular complexity index is 1000. The van der Waals surface area contributed by atoms with Crippen molar-refractivity contribution in [2.24, 2.45) is 0 Å². The van der Waals surface area contributed by atoms with Gasteiger partial charge in [0, 0.05) is 20.6 Å². The van der Waals surface area contributed by atoms with Crippen LogP contribution in [0.15, 0.2) is 77.5 Å². The summed E-state index contributed by atoms with van der Waals surface area (Å²) in [6.45, 7) is 0. The molecule has 0 saturated heterocycles. The Kier molecular flexibility index (Phi) is 3.09. The molecule has 1 heterocycles. The first-order valence-electron chi connectivity index (χ1n) is 7.03. The summed E-state index contributed by atoms with van der Waals surface area (Å²) in [5.41, 5.74) is 2.01. The van der Waals surface area contributed by atoms with Crippen molar-refractivity contribution >= 4 is 37.5 Å². The van der Waals surface area contributed by atoms with E-state index in [1.807, 2.05) is 36.4 Å². The van der Waals surface area contributed by atoms with Crippen LogP contribution in [0.4, 0.5) is 0 Å². The van der Waals surface area contributed by atoms with Gasteiger partial charge in [0.15, 0.2) is 12.4 Å². The van der Waals surface area contributed by atoms with Gasteiger partial charge in [0.05, 0.1) is 5.56 Å². The van der Waals surface area contributed by atoms with Crippen LogP contribution in [0.1, 0.15) is 0 Å². The molecule has 1 aromatic heterocycles. The molecular formula is C19H12BrNO. The standard InChI is InChI=1S/C19H12BrNO/c20-18-10-4-7-13-6-3-9-16(19(13)18)17-12-21(22)11-14-5-1-2-8-15(14)17/h1-12H. The van der Waals surface area contributed by atoms with Crippen LogP contribution in [0.25, 0.3) is 32.7 Å². The first-order valence-corrected chi connectivity index (χ1v) is 7.82. The summed E-state index contributed by atoms with van der Waals surface area (Å²) in [6.07, 6.45) is 3.26. The van der Waals surface area contributed by atoms with Crippen molar-refractivity contribution in [2.45, 2.75) is 0 Å². The Labute approximate surface area is 136 Å². The third-order valence-electron chi connectivity index (χ3n) is 3.92. The van der Waals surface area contributed by atoms with Gasteiger partial charge >= 0.3 is 0 Å². The first-order chi connectivity index (χ1) is 10.7. The van der Waals surface area contributed by atoms with Crippen molar-refractivity contribution in [1.82, 2.24) is 0 Å². The number of hydrogen-bond donors (Lipinski definition) is 0. The average molecular weight is 350 g/mol. The quantitative estimate of drug-likeness (QED) is 0.348. The lowest BCUT2D eigenvalue weighted by Gasteiger charge is -2.11. The Morgan fingerprint density at radius 3 is 2.32 bits per heavy atom. The molecule has 0 bridgehead atoms. The van der Waals surface area contributed by atoms with E-state index >= 15 is 0 Å². The van der Waals surface area contributed by atoms with Gasteiger partial charge in [-0.05, 0) is 23.1 Å². The van der Waals surface area contributed by atoms with Crippen LogP contribution < -0.4 is 4.73 Å². The lowest BCUT2D eigenvalue weighted by atomic mass is 9.96. The normalized spacial score (nSPS) is 11.1. The molecule has 106 valence electrons. The molecule has 0 saturated carbocycles. The van der Waals surface area contributed by atoms with Crippen LogP contribution in [-0.2, 0) is 0 Å². The van der Waals surface area contributed by atoms with E-state index in [-0.39, 0.29) is 0 Å². The summed E-state index contributed by atoms with van der Waals surface area (Å²) in [7, 11) is 0. The van der Waals surface area contributed by atoms with Crippen molar-refractivity contribution in [1.29, 1.82) is 0 Å². The summed E-state index contributed by atoms with van der Waals surface area (Å²) in [6, 6.07) is 20.3. The third kappa shape index (κ3) is 2.06. The molecule has 0 aliphatic carbocycles. The number of rotatable bonds is 1. The van der Waals surface area contributed by atoms with E-state index in [2.05, 4.69) is 40.2 Å². The molecule has 0 fully saturated rings. The van der Waals surface area contributed by atoms with Crippen molar-refractivity contribution < 1.29 is 4.73 Å². The molecule has 0 unspecified atom stereocenters. The summed E-state index contributed by atoms with van der Waals surface area (Å²) in [5.74, 6) is 0. The van der Waals surface area contributed by atoms with Crippen LogP contribution in [0.5, 0.6) is 0 Å². The second-order valence-electron chi connectivity index (χ2n) is 5.26. The molecule has 0 atom stereocenters. The highest BCUT2D eigenvalue weighted by molar-refractivity contribution is 9.10. The zero-order valence-corrected chi connectivity index (χ0v) is 13.2. The maximum atomic E-state index is 12.0. The fraction of sp³-hybridized carbons (Fsp3) is 0. The smallest absolute Gasteiger partial charge is 0.188 e. The summed E-state index contributed by atoms with van der Waals surface area (Å²) >= 11 is 3.64. The lowest BCUT2D eigenvalue weighted by Crippen LogP contribution is -2.24. The molecule has 22 heavy (non-hydrogen) atoms. The van der Waals surface area contributed by atoms with Gasteiger partial charge in [-0.25, -0.2) is 0 Å². The van der Waals surface area contributed by atoms with Gasteiger partial charge in [0.1, 0.15) is 0 Å². The first kappa shape index (κ1) is 13.3. The summed E-state index contributed by atoms with van der Waals surface area (Å²) < 4.78 is 1.92. The minimum Gasteiger partial charge on any atom is -0.619 e. The van der Waals surface area contributed by atoms with E-state index in [0.717, 1.165) is 41.9 Å². The van der Waals surface area contributed by atoms with Crippen molar-refractivity contribution in [2.75, 3.05) is 0 Å². The monoisotopic (exact) mass is 349 g/mol. The van der Waals surface area contributed by atoms with Gasteiger partial charge in [0.2, 0.25) is 0 Å². The van der Waals surface area contributed by atoms with Crippen LogP contribution in [0, 0.1) is 5.21 Å². The molecule has 0 aliphatic heterocycles. The predicted molar refractivity (Wildman–Crippen MR) is 93.6 cm³/mol. The maximum absolute atomic E-state index is 12.0. The van der Waals surface area contributed by atoms with Gasteiger partial charge in [-0.15, -0.1) is 0 Å². The van der Waals surface area contributed by atoms with E-state index < -0.39 is 0 Å². The number of benzene rings is 3. The fourth-order valence-corrected chi connectivity index (χ4v) is 3.56. The average Bonchev–Trinajstić information content (AvgIpc) is 2.54. The number of fused-ring (bicyclic) bond motifs is 2. The predicted octanol–water partition coefficient (Wildman–Crippen LogP) is 5.06. The molecular weight excluding hydrogens is 338 g/mol. The van der Waals surface area contributed by atoms with E-state index in [1.54, 1.807) is 12.4 Å². The third-order valence-corrected chi connectivity index (χ3v) is 4.58. The minimum atomic E-state index is 0.882. The second-order valence-corrected chi connectivity index (χ2v) is 6.12. The molecule has 0 amide bonds.